The summed E-state index contributed by atoms with van der Waals surface area (Å²) < 4.78 is 65.6. The fraction of sp³-hybridized carbons (Fsp3) is 0.458. The van der Waals surface area contributed by atoms with Crippen LogP contribution in [0.5, 0.6) is 5.88 Å². The van der Waals surface area contributed by atoms with Crippen molar-refractivity contribution in [1.29, 1.82) is 0 Å². The summed E-state index contributed by atoms with van der Waals surface area (Å²) >= 11 is 0. The predicted molar refractivity (Wildman–Crippen MR) is 127 cm³/mol. The molecule has 0 amide bonds. The zero-order valence-electron chi connectivity index (χ0n) is 19.6. The smallest absolute Gasteiger partial charge is 0.418 e. The molecule has 12 heteroatoms. The maximum Gasteiger partial charge on any atom is 0.418 e. The number of anilines is 2. The van der Waals surface area contributed by atoms with Crippen molar-refractivity contribution < 1.29 is 27.0 Å². The third-order valence-corrected chi connectivity index (χ3v) is 6.55. The number of hydrogen-bond donors (Lipinski definition) is 1. The number of fused-ring (bicyclic) bond motifs is 1. The first-order chi connectivity index (χ1) is 17.3. The Balaban J connectivity index is 1.29. The number of aliphatic imine (C=N–C) groups is 2. The van der Waals surface area contributed by atoms with Crippen LogP contribution in [0.2, 0.25) is 0 Å². The Morgan fingerprint density at radius 1 is 1.11 bits per heavy atom. The van der Waals surface area contributed by atoms with Crippen molar-refractivity contribution in [3.63, 3.8) is 0 Å². The second-order valence-corrected chi connectivity index (χ2v) is 8.79. The molecule has 2 aromatic rings. The first-order valence-electron chi connectivity index (χ1n) is 11.7. The number of hydrogen-bond acceptors (Lipinski definition) is 8. The van der Waals surface area contributed by atoms with Gasteiger partial charge >= 0.3 is 6.18 Å². The molecule has 192 valence electrons. The van der Waals surface area contributed by atoms with E-state index in [1.165, 1.54) is 4.90 Å². The summed E-state index contributed by atoms with van der Waals surface area (Å²) in [7, 11) is 1.58. The molecule has 2 saturated heterocycles. The molecule has 0 saturated carbocycles. The minimum Gasteiger partial charge on any atom is -0.481 e. The lowest BCUT2D eigenvalue weighted by atomic mass is 10.0. The fourth-order valence-corrected chi connectivity index (χ4v) is 4.74. The molecule has 2 unspecified atom stereocenters. The van der Waals surface area contributed by atoms with Crippen LogP contribution in [0.1, 0.15) is 18.4 Å². The Morgan fingerprint density at radius 2 is 1.92 bits per heavy atom. The van der Waals surface area contributed by atoms with Crippen molar-refractivity contribution >= 4 is 23.5 Å². The van der Waals surface area contributed by atoms with E-state index < -0.39 is 29.8 Å². The molecule has 0 spiro atoms. The highest BCUT2D eigenvalue weighted by atomic mass is 19.4. The number of rotatable bonds is 4. The summed E-state index contributed by atoms with van der Waals surface area (Å²) in [5.41, 5.74) is -0.122. The molecule has 1 aromatic carbocycles. The summed E-state index contributed by atoms with van der Waals surface area (Å²) in [6.07, 6.45) is -1.11. The van der Waals surface area contributed by atoms with Gasteiger partial charge in [-0.3, -0.25) is 0 Å². The van der Waals surface area contributed by atoms with Crippen LogP contribution in [0.25, 0.3) is 0 Å². The lowest BCUT2D eigenvalue weighted by molar-refractivity contribution is -0.137. The van der Waals surface area contributed by atoms with Gasteiger partial charge in [0.15, 0.2) is 6.17 Å². The van der Waals surface area contributed by atoms with Crippen LogP contribution in [0.4, 0.5) is 28.9 Å². The Bertz CT molecular complexity index is 1150. The molecule has 0 bridgehead atoms. The number of ether oxygens (including phenoxy) is 2. The molecule has 5 rings (SSSR count). The molecule has 36 heavy (non-hydrogen) atoms. The van der Waals surface area contributed by atoms with E-state index in [4.69, 9.17) is 9.47 Å². The van der Waals surface area contributed by atoms with E-state index in [0.717, 1.165) is 43.8 Å². The SMILES string of the molecule is COc1cc(N2CCC(NC3=NC4C(C=N3)OCCN4c3ccc(F)cc3C(F)(F)F)CC2)ccn1. The maximum atomic E-state index is 13.7. The van der Waals surface area contributed by atoms with Gasteiger partial charge in [0.05, 0.1) is 25.0 Å². The molecule has 2 atom stereocenters. The van der Waals surface area contributed by atoms with E-state index >= 15 is 0 Å². The van der Waals surface area contributed by atoms with Crippen LogP contribution < -0.4 is 19.9 Å². The molecule has 3 aliphatic heterocycles. The molecular formula is C24H26F4N6O2. The standard InChI is InChI=1S/C24H26F4N6O2/c1-35-21-13-17(4-7-29-21)33-8-5-16(6-9-33)31-23-30-14-20-22(32-23)34(10-11-36-20)19-3-2-15(25)12-18(19)24(26,27)28/h2-4,7,12-14,16,20,22H,5-6,8-11H2,1H3,(H,31,32). The number of benzene rings is 1. The van der Waals surface area contributed by atoms with E-state index in [0.29, 0.717) is 17.9 Å². The van der Waals surface area contributed by atoms with Gasteiger partial charge in [0.2, 0.25) is 11.8 Å². The molecular weight excluding hydrogens is 480 g/mol. The largest absolute Gasteiger partial charge is 0.481 e. The van der Waals surface area contributed by atoms with Crippen LogP contribution in [0.3, 0.4) is 0 Å². The Labute approximate surface area is 205 Å². The van der Waals surface area contributed by atoms with Gasteiger partial charge in [-0.05, 0) is 37.1 Å². The van der Waals surface area contributed by atoms with E-state index in [2.05, 4.69) is 25.2 Å². The highest BCUT2D eigenvalue weighted by molar-refractivity contribution is 5.92. The molecule has 3 aliphatic rings. The van der Waals surface area contributed by atoms with Gasteiger partial charge in [-0.2, -0.15) is 13.2 Å². The molecule has 0 aliphatic carbocycles. The van der Waals surface area contributed by atoms with Gasteiger partial charge in [0.1, 0.15) is 11.9 Å². The monoisotopic (exact) mass is 506 g/mol. The van der Waals surface area contributed by atoms with E-state index in [1.807, 2.05) is 12.1 Å². The van der Waals surface area contributed by atoms with Crippen molar-refractivity contribution in [3.05, 3.63) is 47.9 Å². The minimum atomic E-state index is -4.70. The van der Waals surface area contributed by atoms with Gasteiger partial charge in [0, 0.05) is 49.8 Å². The van der Waals surface area contributed by atoms with Crippen molar-refractivity contribution in [2.45, 2.75) is 37.3 Å². The van der Waals surface area contributed by atoms with Crippen LogP contribution in [-0.2, 0) is 10.9 Å². The van der Waals surface area contributed by atoms with E-state index in [9.17, 15) is 17.6 Å². The van der Waals surface area contributed by atoms with E-state index in [1.54, 1.807) is 19.5 Å². The topological polar surface area (TPSA) is 74.6 Å². The van der Waals surface area contributed by atoms with Crippen LogP contribution in [-0.4, -0.2) is 68.8 Å². The number of guanidine groups is 1. The maximum absolute atomic E-state index is 13.7. The van der Waals surface area contributed by atoms with Crippen molar-refractivity contribution in [1.82, 2.24) is 10.3 Å². The number of piperidine rings is 1. The van der Waals surface area contributed by atoms with Gasteiger partial charge < -0.3 is 24.6 Å². The number of morpholine rings is 1. The number of aromatic nitrogens is 1. The average molecular weight is 507 g/mol. The zero-order chi connectivity index (χ0) is 25.3. The second kappa shape index (κ2) is 9.92. The van der Waals surface area contributed by atoms with Crippen molar-refractivity contribution in [2.75, 3.05) is 43.2 Å². The number of nitrogens with zero attached hydrogens (tertiary/aromatic N) is 5. The van der Waals surface area contributed by atoms with Gasteiger partial charge in [-0.1, -0.05) is 0 Å². The normalized spacial score (nSPS) is 22.8. The number of methoxy groups -OCH3 is 1. The highest BCUT2D eigenvalue weighted by Crippen LogP contribution is 2.39. The first kappa shape index (κ1) is 24.3. The second-order valence-electron chi connectivity index (χ2n) is 8.79. The zero-order valence-corrected chi connectivity index (χ0v) is 19.6. The first-order valence-corrected chi connectivity index (χ1v) is 11.7. The predicted octanol–water partition coefficient (Wildman–Crippen LogP) is 3.48. The highest BCUT2D eigenvalue weighted by Gasteiger charge is 2.40. The minimum absolute atomic E-state index is 0.104. The molecule has 8 nitrogen and oxygen atoms in total. The molecule has 1 N–H and O–H groups in total. The summed E-state index contributed by atoms with van der Waals surface area (Å²) in [6.45, 7) is 1.99. The van der Waals surface area contributed by atoms with Gasteiger partial charge in [-0.25, -0.2) is 19.4 Å². The number of pyridine rings is 1. The quantitative estimate of drug-likeness (QED) is 0.641. The molecule has 1 aromatic heterocycles. The summed E-state index contributed by atoms with van der Waals surface area (Å²) in [5.74, 6) is -0.0303. The van der Waals surface area contributed by atoms with Gasteiger partial charge in [0.25, 0.3) is 0 Å². The number of halogens is 4. The Kier molecular flexibility index (Phi) is 6.69. The Morgan fingerprint density at radius 3 is 2.67 bits per heavy atom. The lowest BCUT2D eigenvalue weighted by Gasteiger charge is -2.41. The summed E-state index contributed by atoms with van der Waals surface area (Å²) in [6, 6.07) is 6.64. The van der Waals surface area contributed by atoms with Crippen LogP contribution in [0, 0.1) is 5.82 Å². The van der Waals surface area contributed by atoms with Crippen molar-refractivity contribution in [2.24, 2.45) is 9.98 Å². The molecule has 4 heterocycles. The lowest BCUT2D eigenvalue weighted by Crippen LogP contribution is -2.55. The van der Waals surface area contributed by atoms with Crippen LogP contribution >= 0.6 is 0 Å². The Hall–Kier alpha value is -3.41. The average Bonchev–Trinajstić information content (AvgIpc) is 2.88. The fourth-order valence-electron chi connectivity index (χ4n) is 4.74. The number of nitrogens with one attached hydrogen (secondary N) is 1. The van der Waals surface area contributed by atoms with Crippen LogP contribution in [0.15, 0.2) is 46.5 Å². The van der Waals surface area contributed by atoms with Gasteiger partial charge in [-0.15, -0.1) is 0 Å². The molecule has 0 radical (unpaired) electrons. The third-order valence-electron chi connectivity index (χ3n) is 6.55. The van der Waals surface area contributed by atoms with Crippen molar-refractivity contribution in [3.8, 4) is 5.88 Å². The number of alkyl halides is 3. The van der Waals surface area contributed by atoms with E-state index in [-0.39, 0.29) is 24.9 Å². The molecule has 2 fully saturated rings. The third kappa shape index (κ3) is 5.08. The summed E-state index contributed by atoms with van der Waals surface area (Å²) in [5, 5.41) is 3.34. The summed E-state index contributed by atoms with van der Waals surface area (Å²) in [4.78, 5) is 16.9.